The smallest absolute Gasteiger partial charge is 0.0204 e. The molecule has 0 rings (SSSR count). The second-order valence-electron chi connectivity index (χ2n) is 2.86. The van der Waals surface area contributed by atoms with Crippen molar-refractivity contribution in [1.82, 2.24) is 0 Å². The van der Waals surface area contributed by atoms with Gasteiger partial charge in [-0.15, -0.1) is 13.2 Å². The van der Waals surface area contributed by atoms with Crippen LogP contribution in [0.3, 0.4) is 0 Å². The highest BCUT2D eigenvalue weighted by Gasteiger charge is 1.97. The van der Waals surface area contributed by atoms with E-state index in [1.54, 1.807) is 0 Å². The molecule has 0 aliphatic rings. The minimum Gasteiger partial charge on any atom is -0.106 e. The molecule has 0 nitrogen and oxygen atoms in total. The summed E-state index contributed by atoms with van der Waals surface area (Å²) in [5.41, 5.74) is 3.80. The average Bonchev–Trinajstić information content (AvgIpc) is 2.21. The molecule has 0 aliphatic heterocycles. The molecule has 0 aliphatic carbocycles. The van der Waals surface area contributed by atoms with Crippen molar-refractivity contribution in [3.63, 3.8) is 0 Å². The molecule has 78 valence electrons. The zero-order valence-electron chi connectivity index (χ0n) is 9.93. The van der Waals surface area contributed by atoms with Crippen molar-refractivity contribution in [2.75, 3.05) is 0 Å². The van der Waals surface area contributed by atoms with E-state index in [0.29, 0.717) is 0 Å². The van der Waals surface area contributed by atoms with Gasteiger partial charge in [-0.2, -0.15) is 0 Å². The van der Waals surface area contributed by atoms with Crippen LogP contribution in [0.15, 0.2) is 60.8 Å². The van der Waals surface area contributed by atoms with Crippen LogP contribution in [0, 0.1) is 0 Å². The summed E-state index contributed by atoms with van der Waals surface area (Å²) in [4.78, 5) is 0. The Morgan fingerprint density at radius 2 is 1.57 bits per heavy atom. The number of allylic oxidation sites excluding steroid dienone is 7. The number of hydrogen-bond acceptors (Lipinski definition) is 0. The average molecular weight is 190 g/mol. The third-order valence-electron chi connectivity index (χ3n) is 1.71. The van der Waals surface area contributed by atoms with E-state index in [2.05, 4.69) is 51.8 Å². The molecule has 0 radical (unpaired) electrons. The molecule has 0 fully saturated rings. The molecule has 0 aromatic heterocycles. The van der Waals surface area contributed by atoms with Gasteiger partial charge in [-0.05, 0) is 38.8 Å². The molecule has 0 heteroatoms. The van der Waals surface area contributed by atoms with Crippen molar-refractivity contribution < 1.29 is 0 Å². The van der Waals surface area contributed by atoms with Crippen LogP contribution in [0.5, 0.6) is 0 Å². The molecule has 0 aromatic carbocycles. The van der Waals surface area contributed by atoms with Crippen LogP contribution in [0.4, 0.5) is 0 Å². The Kier molecular flexibility index (Phi) is 10.6. The largest absolute Gasteiger partial charge is 0.106 e. The maximum atomic E-state index is 3.78. The van der Waals surface area contributed by atoms with Crippen LogP contribution in [-0.4, -0.2) is 0 Å². The molecule has 0 amide bonds. The van der Waals surface area contributed by atoms with Crippen LogP contribution >= 0.6 is 0 Å². The topological polar surface area (TPSA) is 0 Å². The first-order chi connectivity index (χ1) is 6.67. The molecule has 0 unspecified atom stereocenters. The van der Waals surface area contributed by atoms with Gasteiger partial charge in [0, 0.05) is 0 Å². The van der Waals surface area contributed by atoms with Crippen LogP contribution in [0.2, 0.25) is 0 Å². The maximum absolute atomic E-state index is 3.78. The second-order valence-corrected chi connectivity index (χ2v) is 2.86. The Morgan fingerprint density at radius 1 is 1.07 bits per heavy atom. The van der Waals surface area contributed by atoms with E-state index < -0.39 is 0 Å². The molecule has 0 heterocycles. The Hall–Kier alpha value is -1.30. The summed E-state index contributed by atoms with van der Waals surface area (Å²) in [5, 5.41) is 0. The highest BCUT2D eigenvalue weighted by molar-refractivity contribution is 5.47. The summed E-state index contributed by atoms with van der Waals surface area (Å²) < 4.78 is 0. The third kappa shape index (κ3) is 5.36. The lowest BCUT2D eigenvalue weighted by molar-refractivity contribution is 1.30. The highest BCUT2D eigenvalue weighted by Crippen LogP contribution is 2.16. The minimum absolute atomic E-state index is 1.20. The van der Waals surface area contributed by atoms with Gasteiger partial charge in [-0.25, -0.2) is 0 Å². The summed E-state index contributed by atoms with van der Waals surface area (Å²) in [5.74, 6) is 0. The van der Waals surface area contributed by atoms with Crippen LogP contribution in [0.1, 0.15) is 27.7 Å². The van der Waals surface area contributed by atoms with Gasteiger partial charge >= 0.3 is 0 Å². The lowest BCUT2D eigenvalue weighted by atomic mass is 10.0. The van der Waals surface area contributed by atoms with Crippen LogP contribution in [0.25, 0.3) is 0 Å². The molecule has 0 aromatic rings. The summed E-state index contributed by atoms with van der Waals surface area (Å²) in [6, 6.07) is 0. The molecule has 0 bridgehead atoms. The van der Waals surface area contributed by atoms with Crippen LogP contribution < -0.4 is 0 Å². The number of hydrogen-bond donors (Lipinski definition) is 0. The highest BCUT2D eigenvalue weighted by atomic mass is 14.0. The standard InChI is InChI=1S/C12H18.C2H4/c1-6-9-12(10(4)5)11(7-2)8-3;1-2/h6-9H,2H2,1,3-5H3;1-2H2/b9-6-,11-8-;. The van der Waals surface area contributed by atoms with Gasteiger partial charge in [0.05, 0.1) is 0 Å². The Labute approximate surface area is 89.0 Å². The summed E-state index contributed by atoms with van der Waals surface area (Å²) in [7, 11) is 0. The van der Waals surface area contributed by atoms with E-state index in [4.69, 9.17) is 0 Å². The van der Waals surface area contributed by atoms with Gasteiger partial charge in [-0.3, -0.25) is 0 Å². The van der Waals surface area contributed by atoms with E-state index in [0.717, 1.165) is 0 Å². The van der Waals surface area contributed by atoms with Crippen molar-refractivity contribution in [1.29, 1.82) is 0 Å². The monoisotopic (exact) mass is 190 g/mol. The molecule has 0 spiro atoms. The fourth-order valence-corrected chi connectivity index (χ4v) is 1.10. The van der Waals surface area contributed by atoms with Gasteiger partial charge in [0.1, 0.15) is 0 Å². The van der Waals surface area contributed by atoms with Gasteiger partial charge in [-0.1, -0.05) is 36.5 Å². The van der Waals surface area contributed by atoms with E-state index in [1.165, 1.54) is 16.7 Å². The maximum Gasteiger partial charge on any atom is -0.0204 e. The molecular formula is C14H22. The molecule has 0 N–H and O–H groups in total. The van der Waals surface area contributed by atoms with E-state index >= 15 is 0 Å². The van der Waals surface area contributed by atoms with E-state index in [1.807, 2.05) is 19.9 Å². The van der Waals surface area contributed by atoms with Crippen molar-refractivity contribution in [2.45, 2.75) is 27.7 Å². The van der Waals surface area contributed by atoms with Gasteiger partial charge in [0.15, 0.2) is 0 Å². The Balaban J connectivity index is 0. The lowest BCUT2D eigenvalue weighted by Crippen LogP contribution is -1.85. The molecule has 0 atom stereocenters. The van der Waals surface area contributed by atoms with Gasteiger partial charge in [0.2, 0.25) is 0 Å². The van der Waals surface area contributed by atoms with Crippen molar-refractivity contribution in [3.8, 4) is 0 Å². The number of rotatable bonds is 3. The SMILES string of the molecule is C=C.C=C/C(=C/C)C(/C=C\C)=C(C)C. The second kappa shape index (κ2) is 9.79. The predicted octanol–water partition coefficient (Wildman–Crippen LogP) is 4.83. The fourth-order valence-electron chi connectivity index (χ4n) is 1.10. The zero-order valence-corrected chi connectivity index (χ0v) is 9.93. The first-order valence-electron chi connectivity index (χ1n) is 4.76. The van der Waals surface area contributed by atoms with Gasteiger partial charge < -0.3 is 0 Å². The van der Waals surface area contributed by atoms with Crippen molar-refractivity contribution in [2.24, 2.45) is 0 Å². The molecule has 0 saturated heterocycles. The van der Waals surface area contributed by atoms with Crippen LogP contribution in [-0.2, 0) is 0 Å². The first kappa shape index (κ1) is 15.2. The van der Waals surface area contributed by atoms with Gasteiger partial charge in [0.25, 0.3) is 0 Å². The summed E-state index contributed by atoms with van der Waals surface area (Å²) >= 11 is 0. The Morgan fingerprint density at radius 3 is 1.79 bits per heavy atom. The van der Waals surface area contributed by atoms with E-state index in [9.17, 15) is 0 Å². The van der Waals surface area contributed by atoms with E-state index in [-0.39, 0.29) is 0 Å². The first-order valence-corrected chi connectivity index (χ1v) is 4.76. The quantitative estimate of drug-likeness (QED) is 0.441. The van der Waals surface area contributed by atoms with Crippen molar-refractivity contribution >= 4 is 0 Å². The molecule has 14 heavy (non-hydrogen) atoms. The lowest BCUT2D eigenvalue weighted by Gasteiger charge is -2.04. The summed E-state index contributed by atoms with van der Waals surface area (Å²) in [6.07, 6.45) is 8.14. The third-order valence-corrected chi connectivity index (χ3v) is 1.71. The normalized spacial score (nSPS) is 10.4. The predicted molar refractivity (Wildman–Crippen MR) is 68.4 cm³/mol. The van der Waals surface area contributed by atoms with Crippen molar-refractivity contribution in [3.05, 3.63) is 60.8 Å². The summed E-state index contributed by atoms with van der Waals surface area (Å²) in [6.45, 7) is 18.1. The fraction of sp³-hybridized carbons (Fsp3) is 0.286. The minimum atomic E-state index is 1.20. The Bertz CT molecular complexity index is 245. The molecular weight excluding hydrogens is 168 g/mol. The zero-order chi connectivity index (χ0) is 11.6. The molecule has 0 saturated carbocycles.